The SMILES string of the molecule is NCc1cccc(Br)c1OCCn1cccn1. The lowest BCUT2D eigenvalue weighted by molar-refractivity contribution is 0.287. The maximum atomic E-state index is 5.74. The van der Waals surface area contributed by atoms with Crippen LogP contribution in [0.25, 0.3) is 0 Å². The summed E-state index contributed by atoms with van der Waals surface area (Å²) in [5.41, 5.74) is 6.67. The number of nitrogens with two attached hydrogens (primary N) is 1. The molecule has 0 aliphatic heterocycles. The molecule has 5 heteroatoms. The van der Waals surface area contributed by atoms with Crippen LogP contribution < -0.4 is 10.5 Å². The van der Waals surface area contributed by atoms with Crippen LogP contribution >= 0.6 is 15.9 Å². The van der Waals surface area contributed by atoms with Crippen molar-refractivity contribution in [3.63, 3.8) is 0 Å². The number of nitrogens with zero attached hydrogens (tertiary/aromatic N) is 2. The molecule has 0 fully saturated rings. The molecule has 0 aliphatic carbocycles. The Labute approximate surface area is 109 Å². The fourth-order valence-electron chi connectivity index (χ4n) is 1.55. The van der Waals surface area contributed by atoms with Crippen LogP contribution in [0.1, 0.15) is 5.56 Å². The van der Waals surface area contributed by atoms with Gasteiger partial charge in [0.2, 0.25) is 0 Å². The first-order valence-corrected chi connectivity index (χ1v) is 6.18. The van der Waals surface area contributed by atoms with Crippen molar-refractivity contribution in [1.29, 1.82) is 0 Å². The molecule has 0 amide bonds. The molecule has 0 radical (unpaired) electrons. The fraction of sp³-hybridized carbons (Fsp3) is 0.250. The largest absolute Gasteiger partial charge is 0.490 e. The van der Waals surface area contributed by atoms with Gasteiger partial charge in [-0.15, -0.1) is 0 Å². The zero-order valence-corrected chi connectivity index (χ0v) is 10.9. The Balaban J connectivity index is 1.98. The van der Waals surface area contributed by atoms with Gasteiger partial charge >= 0.3 is 0 Å². The maximum absolute atomic E-state index is 5.74. The number of para-hydroxylation sites is 1. The molecule has 1 aromatic carbocycles. The summed E-state index contributed by atoms with van der Waals surface area (Å²) >= 11 is 3.46. The monoisotopic (exact) mass is 295 g/mol. The van der Waals surface area contributed by atoms with Crippen LogP contribution in [0.15, 0.2) is 41.1 Å². The molecular weight excluding hydrogens is 282 g/mol. The number of halogens is 1. The van der Waals surface area contributed by atoms with Crippen molar-refractivity contribution in [2.24, 2.45) is 5.73 Å². The Kier molecular flexibility index (Phi) is 4.17. The van der Waals surface area contributed by atoms with E-state index >= 15 is 0 Å². The third-order valence-electron chi connectivity index (χ3n) is 2.39. The molecule has 1 heterocycles. The Hall–Kier alpha value is -1.33. The van der Waals surface area contributed by atoms with Crippen LogP contribution in [0.5, 0.6) is 5.75 Å². The Morgan fingerprint density at radius 2 is 2.24 bits per heavy atom. The number of ether oxygens (including phenoxy) is 1. The molecule has 0 spiro atoms. The quantitative estimate of drug-likeness (QED) is 0.920. The molecule has 2 aromatic rings. The fourth-order valence-corrected chi connectivity index (χ4v) is 2.07. The number of rotatable bonds is 5. The highest BCUT2D eigenvalue weighted by molar-refractivity contribution is 9.10. The molecule has 2 N–H and O–H groups in total. The molecule has 0 aliphatic rings. The summed E-state index contributed by atoms with van der Waals surface area (Å²) in [6.45, 7) is 1.76. The second-order valence-electron chi connectivity index (χ2n) is 3.55. The third kappa shape index (κ3) is 3.08. The van der Waals surface area contributed by atoms with Gasteiger partial charge in [-0.2, -0.15) is 5.10 Å². The van der Waals surface area contributed by atoms with Crippen LogP contribution in [-0.4, -0.2) is 16.4 Å². The Morgan fingerprint density at radius 3 is 2.94 bits per heavy atom. The molecule has 1 aromatic heterocycles. The summed E-state index contributed by atoms with van der Waals surface area (Å²) in [5, 5.41) is 4.11. The lowest BCUT2D eigenvalue weighted by Crippen LogP contribution is -2.10. The minimum absolute atomic E-state index is 0.469. The lowest BCUT2D eigenvalue weighted by Gasteiger charge is -2.12. The molecule has 0 atom stereocenters. The highest BCUT2D eigenvalue weighted by atomic mass is 79.9. The van der Waals surface area contributed by atoms with Gasteiger partial charge in [-0.3, -0.25) is 4.68 Å². The van der Waals surface area contributed by atoms with Gasteiger partial charge in [0.1, 0.15) is 12.4 Å². The van der Waals surface area contributed by atoms with Crippen LogP contribution in [0.4, 0.5) is 0 Å². The van der Waals surface area contributed by atoms with Gasteiger partial charge in [0, 0.05) is 24.5 Å². The van der Waals surface area contributed by atoms with Gasteiger partial charge in [-0.25, -0.2) is 0 Å². The molecule has 17 heavy (non-hydrogen) atoms. The van der Waals surface area contributed by atoms with Gasteiger partial charge in [0.15, 0.2) is 0 Å². The van der Waals surface area contributed by atoms with E-state index < -0.39 is 0 Å². The Morgan fingerprint density at radius 1 is 1.35 bits per heavy atom. The predicted octanol–water partition coefficient (Wildman–Crippen LogP) is 2.18. The van der Waals surface area contributed by atoms with Crippen molar-refractivity contribution in [2.75, 3.05) is 6.61 Å². The Bertz CT molecular complexity index is 471. The first kappa shape index (κ1) is 12.1. The van der Waals surface area contributed by atoms with E-state index in [2.05, 4.69) is 21.0 Å². The van der Waals surface area contributed by atoms with Crippen LogP contribution in [0, 0.1) is 0 Å². The molecule has 0 bridgehead atoms. The smallest absolute Gasteiger partial charge is 0.138 e. The summed E-state index contributed by atoms with van der Waals surface area (Å²) in [5.74, 6) is 0.821. The predicted molar refractivity (Wildman–Crippen MR) is 69.8 cm³/mol. The van der Waals surface area contributed by atoms with Crippen molar-refractivity contribution in [1.82, 2.24) is 9.78 Å². The second kappa shape index (κ2) is 5.84. The molecule has 2 rings (SSSR count). The number of aromatic nitrogens is 2. The van der Waals surface area contributed by atoms with Crippen molar-refractivity contribution in [2.45, 2.75) is 13.1 Å². The van der Waals surface area contributed by atoms with Gasteiger partial charge < -0.3 is 10.5 Å². The topological polar surface area (TPSA) is 53.1 Å². The summed E-state index contributed by atoms with van der Waals surface area (Å²) in [6, 6.07) is 7.76. The van der Waals surface area contributed by atoms with Crippen LogP contribution in [0.3, 0.4) is 0 Å². The minimum Gasteiger partial charge on any atom is -0.490 e. The zero-order chi connectivity index (χ0) is 12.1. The maximum Gasteiger partial charge on any atom is 0.138 e. The van der Waals surface area contributed by atoms with Crippen molar-refractivity contribution < 1.29 is 4.74 Å². The second-order valence-corrected chi connectivity index (χ2v) is 4.40. The molecule has 4 nitrogen and oxygen atoms in total. The van der Waals surface area contributed by atoms with Crippen molar-refractivity contribution in [3.05, 3.63) is 46.7 Å². The van der Waals surface area contributed by atoms with E-state index in [1.54, 1.807) is 6.20 Å². The summed E-state index contributed by atoms with van der Waals surface area (Å²) in [4.78, 5) is 0. The molecule has 90 valence electrons. The molecular formula is C12H14BrN3O. The molecule has 0 unspecified atom stereocenters. The van der Waals surface area contributed by atoms with E-state index in [0.29, 0.717) is 13.2 Å². The third-order valence-corrected chi connectivity index (χ3v) is 3.02. The van der Waals surface area contributed by atoms with E-state index in [4.69, 9.17) is 10.5 Å². The van der Waals surface area contributed by atoms with Gasteiger partial charge in [-0.05, 0) is 28.1 Å². The first-order valence-electron chi connectivity index (χ1n) is 5.39. The van der Waals surface area contributed by atoms with Gasteiger partial charge in [-0.1, -0.05) is 12.1 Å². The van der Waals surface area contributed by atoms with E-state index in [1.165, 1.54) is 0 Å². The lowest BCUT2D eigenvalue weighted by atomic mass is 10.2. The first-order chi connectivity index (χ1) is 8.31. The summed E-state index contributed by atoms with van der Waals surface area (Å²) in [7, 11) is 0. The van der Waals surface area contributed by atoms with E-state index in [0.717, 1.165) is 22.3 Å². The standard InChI is InChI=1S/C12H14BrN3O/c13-11-4-1-3-10(9-14)12(11)17-8-7-16-6-2-5-15-16/h1-6H,7-9,14H2. The summed E-state index contributed by atoms with van der Waals surface area (Å²) in [6.07, 6.45) is 3.66. The average Bonchev–Trinajstić information content (AvgIpc) is 2.84. The van der Waals surface area contributed by atoms with Gasteiger partial charge in [0.25, 0.3) is 0 Å². The number of hydrogen-bond donors (Lipinski definition) is 1. The summed E-state index contributed by atoms with van der Waals surface area (Å²) < 4.78 is 8.51. The minimum atomic E-state index is 0.469. The normalized spacial score (nSPS) is 10.5. The highest BCUT2D eigenvalue weighted by Gasteiger charge is 2.06. The van der Waals surface area contributed by atoms with E-state index in [1.807, 2.05) is 35.1 Å². The van der Waals surface area contributed by atoms with Crippen molar-refractivity contribution >= 4 is 15.9 Å². The average molecular weight is 296 g/mol. The number of benzene rings is 1. The van der Waals surface area contributed by atoms with E-state index in [-0.39, 0.29) is 0 Å². The van der Waals surface area contributed by atoms with E-state index in [9.17, 15) is 0 Å². The highest BCUT2D eigenvalue weighted by Crippen LogP contribution is 2.28. The number of hydrogen-bond acceptors (Lipinski definition) is 3. The van der Waals surface area contributed by atoms with Gasteiger partial charge in [0.05, 0.1) is 11.0 Å². The van der Waals surface area contributed by atoms with Crippen molar-refractivity contribution in [3.8, 4) is 5.75 Å². The van der Waals surface area contributed by atoms with Crippen LogP contribution in [0.2, 0.25) is 0 Å². The zero-order valence-electron chi connectivity index (χ0n) is 9.34. The van der Waals surface area contributed by atoms with Crippen LogP contribution in [-0.2, 0) is 13.1 Å². The molecule has 0 saturated heterocycles. The molecule has 0 saturated carbocycles.